The number of carbonyl (C=O) groups is 2. The zero-order chi connectivity index (χ0) is 21.7. The minimum Gasteiger partial charge on any atom is -0.483 e. The lowest BCUT2D eigenvalue weighted by molar-refractivity contribution is -0.129. The van der Waals surface area contributed by atoms with E-state index < -0.39 is 6.10 Å². The van der Waals surface area contributed by atoms with Crippen molar-refractivity contribution in [3.05, 3.63) is 53.6 Å². The molecule has 6 nitrogen and oxygen atoms in total. The lowest BCUT2D eigenvalue weighted by Crippen LogP contribution is -2.53. The van der Waals surface area contributed by atoms with Crippen LogP contribution < -0.4 is 19.7 Å². The summed E-state index contributed by atoms with van der Waals surface area (Å²) in [5, 5.41) is 3.01. The van der Waals surface area contributed by atoms with Crippen LogP contribution in [0.3, 0.4) is 0 Å². The summed E-state index contributed by atoms with van der Waals surface area (Å²) in [6, 6.07) is 13.2. The number of hydrogen-bond acceptors (Lipinski definition) is 4. The Balaban J connectivity index is 1.74. The molecule has 0 aliphatic carbocycles. The summed E-state index contributed by atoms with van der Waals surface area (Å²) in [6.07, 6.45) is 0.932. The van der Waals surface area contributed by atoms with Gasteiger partial charge >= 0.3 is 0 Å². The Morgan fingerprint density at radius 2 is 1.90 bits per heavy atom. The van der Waals surface area contributed by atoms with Gasteiger partial charge in [-0.3, -0.25) is 9.59 Å². The van der Waals surface area contributed by atoms with Gasteiger partial charge in [0.1, 0.15) is 11.5 Å². The molecule has 1 atom stereocenters. The van der Waals surface area contributed by atoms with Crippen molar-refractivity contribution in [3.63, 3.8) is 0 Å². The van der Waals surface area contributed by atoms with E-state index in [2.05, 4.69) is 5.32 Å². The fourth-order valence-corrected chi connectivity index (χ4v) is 3.57. The molecule has 0 spiro atoms. The topological polar surface area (TPSA) is 67.9 Å². The SMILES string of the molecule is CCC(CC)NC(=O)C1CN(C(=O)COc2ccc(C)cc2C)c2ccccc2O1. The number of carbonyl (C=O) groups excluding carboxylic acids is 2. The van der Waals surface area contributed by atoms with Gasteiger partial charge in [-0.2, -0.15) is 0 Å². The highest BCUT2D eigenvalue weighted by Crippen LogP contribution is 2.33. The van der Waals surface area contributed by atoms with Gasteiger partial charge in [-0.05, 0) is 50.5 Å². The molecule has 2 amide bonds. The highest BCUT2D eigenvalue weighted by molar-refractivity contribution is 5.98. The number of rotatable bonds is 7. The number of nitrogens with one attached hydrogen (secondary N) is 1. The molecular formula is C24H30N2O4. The van der Waals surface area contributed by atoms with Crippen LogP contribution in [0.25, 0.3) is 0 Å². The standard InChI is InChI=1S/C24H30N2O4/c1-5-18(6-2)25-24(28)22-14-26(19-9-7-8-10-21(19)30-22)23(27)15-29-20-12-11-16(3)13-17(20)4/h7-13,18,22H,5-6,14-15H2,1-4H3,(H,25,28). The lowest BCUT2D eigenvalue weighted by atomic mass is 10.1. The minimum absolute atomic E-state index is 0.0928. The van der Waals surface area contributed by atoms with E-state index in [1.165, 1.54) is 0 Å². The first-order chi connectivity index (χ1) is 14.4. The van der Waals surface area contributed by atoms with Crippen molar-refractivity contribution in [1.82, 2.24) is 5.32 Å². The second-order valence-electron chi connectivity index (χ2n) is 7.66. The van der Waals surface area contributed by atoms with Crippen LogP contribution in [-0.4, -0.2) is 37.1 Å². The molecule has 1 N–H and O–H groups in total. The molecule has 1 aliphatic heterocycles. The zero-order valence-electron chi connectivity index (χ0n) is 18.1. The maximum atomic E-state index is 13.0. The summed E-state index contributed by atoms with van der Waals surface area (Å²) in [5.41, 5.74) is 2.77. The lowest BCUT2D eigenvalue weighted by Gasteiger charge is -2.34. The number of benzene rings is 2. The molecule has 0 saturated carbocycles. The van der Waals surface area contributed by atoms with Crippen LogP contribution in [0.4, 0.5) is 5.69 Å². The van der Waals surface area contributed by atoms with Gasteiger partial charge in [0.2, 0.25) is 0 Å². The predicted octanol–water partition coefficient (Wildman–Crippen LogP) is 3.78. The van der Waals surface area contributed by atoms with Crippen molar-refractivity contribution < 1.29 is 19.1 Å². The third kappa shape index (κ3) is 4.93. The van der Waals surface area contributed by atoms with Gasteiger partial charge in [-0.15, -0.1) is 0 Å². The Kier molecular flexibility index (Phi) is 6.98. The molecule has 2 aromatic carbocycles. The van der Waals surface area contributed by atoms with Crippen molar-refractivity contribution in [1.29, 1.82) is 0 Å². The number of hydrogen-bond donors (Lipinski definition) is 1. The van der Waals surface area contributed by atoms with E-state index in [9.17, 15) is 9.59 Å². The number of para-hydroxylation sites is 2. The Labute approximate surface area is 178 Å². The van der Waals surface area contributed by atoms with Crippen molar-refractivity contribution in [3.8, 4) is 11.5 Å². The molecule has 0 bridgehead atoms. The Hall–Kier alpha value is -3.02. The normalized spacial score (nSPS) is 15.4. The van der Waals surface area contributed by atoms with Crippen molar-refractivity contribution >= 4 is 17.5 Å². The van der Waals surface area contributed by atoms with Gasteiger partial charge in [-0.1, -0.05) is 43.7 Å². The molecular weight excluding hydrogens is 380 g/mol. The third-order valence-corrected chi connectivity index (χ3v) is 5.38. The summed E-state index contributed by atoms with van der Waals surface area (Å²) < 4.78 is 11.7. The van der Waals surface area contributed by atoms with Crippen molar-refractivity contribution in [2.45, 2.75) is 52.7 Å². The molecule has 1 aliphatic rings. The first-order valence-corrected chi connectivity index (χ1v) is 10.5. The largest absolute Gasteiger partial charge is 0.483 e. The maximum absolute atomic E-state index is 13.0. The van der Waals surface area contributed by atoms with E-state index in [1.54, 1.807) is 11.0 Å². The Morgan fingerprint density at radius 1 is 1.17 bits per heavy atom. The maximum Gasteiger partial charge on any atom is 0.265 e. The molecule has 2 aromatic rings. The second-order valence-corrected chi connectivity index (χ2v) is 7.66. The molecule has 30 heavy (non-hydrogen) atoms. The van der Waals surface area contributed by atoms with E-state index in [1.807, 2.05) is 64.1 Å². The number of fused-ring (bicyclic) bond motifs is 1. The van der Waals surface area contributed by atoms with E-state index in [0.29, 0.717) is 17.2 Å². The van der Waals surface area contributed by atoms with Crippen LogP contribution in [0, 0.1) is 13.8 Å². The molecule has 160 valence electrons. The van der Waals surface area contributed by atoms with Crippen molar-refractivity contribution in [2.24, 2.45) is 0 Å². The fraction of sp³-hybridized carbons (Fsp3) is 0.417. The van der Waals surface area contributed by atoms with E-state index in [4.69, 9.17) is 9.47 Å². The average Bonchev–Trinajstić information content (AvgIpc) is 2.75. The summed E-state index contributed by atoms with van der Waals surface area (Å²) in [5.74, 6) is 0.782. The van der Waals surface area contributed by atoms with Gasteiger partial charge in [0, 0.05) is 6.04 Å². The van der Waals surface area contributed by atoms with Gasteiger partial charge in [0.15, 0.2) is 12.7 Å². The van der Waals surface area contributed by atoms with E-state index in [-0.39, 0.29) is 31.0 Å². The molecule has 0 fully saturated rings. The smallest absolute Gasteiger partial charge is 0.265 e. The first-order valence-electron chi connectivity index (χ1n) is 10.5. The number of nitrogens with zero attached hydrogens (tertiary/aromatic N) is 1. The number of amides is 2. The predicted molar refractivity (Wildman–Crippen MR) is 117 cm³/mol. The minimum atomic E-state index is -0.759. The number of aryl methyl sites for hydroxylation is 2. The van der Waals surface area contributed by atoms with Gasteiger partial charge in [0.25, 0.3) is 11.8 Å². The number of ether oxygens (including phenoxy) is 2. The summed E-state index contributed by atoms with van der Waals surface area (Å²) in [6.45, 7) is 8.07. The molecule has 6 heteroatoms. The van der Waals surface area contributed by atoms with E-state index in [0.717, 1.165) is 24.0 Å². The van der Waals surface area contributed by atoms with Crippen LogP contribution in [0.5, 0.6) is 11.5 Å². The molecule has 1 heterocycles. The van der Waals surface area contributed by atoms with Crippen LogP contribution in [0.15, 0.2) is 42.5 Å². The third-order valence-electron chi connectivity index (χ3n) is 5.38. The highest BCUT2D eigenvalue weighted by atomic mass is 16.5. The summed E-state index contributed by atoms with van der Waals surface area (Å²) in [7, 11) is 0. The average molecular weight is 411 g/mol. The van der Waals surface area contributed by atoms with Gasteiger partial charge in [-0.25, -0.2) is 0 Å². The Morgan fingerprint density at radius 3 is 2.60 bits per heavy atom. The van der Waals surface area contributed by atoms with Crippen LogP contribution >= 0.6 is 0 Å². The monoisotopic (exact) mass is 410 g/mol. The first kappa shape index (κ1) is 21.7. The number of anilines is 1. The zero-order valence-corrected chi connectivity index (χ0v) is 18.1. The fourth-order valence-electron chi connectivity index (χ4n) is 3.57. The summed E-state index contributed by atoms with van der Waals surface area (Å²) >= 11 is 0. The summed E-state index contributed by atoms with van der Waals surface area (Å²) in [4.78, 5) is 27.4. The Bertz CT molecular complexity index is 908. The quantitative estimate of drug-likeness (QED) is 0.754. The van der Waals surface area contributed by atoms with Crippen LogP contribution in [0.1, 0.15) is 37.8 Å². The highest BCUT2D eigenvalue weighted by Gasteiger charge is 2.34. The van der Waals surface area contributed by atoms with E-state index >= 15 is 0 Å². The van der Waals surface area contributed by atoms with Gasteiger partial charge < -0.3 is 19.7 Å². The molecule has 1 unspecified atom stereocenters. The molecule has 3 rings (SSSR count). The van der Waals surface area contributed by atoms with Crippen molar-refractivity contribution in [2.75, 3.05) is 18.1 Å². The molecule has 0 aromatic heterocycles. The van der Waals surface area contributed by atoms with Crippen LogP contribution in [0.2, 0.25) is 0 Å². The molecule has 0 radical (unpaired) electrons. The van der Waals surface area contributed by atoms with Crippen LogP contribution in [-0.2, 0) is 9.59 Å². The van der Waals surface area contributed by atoms with Gasteiger partial charge in [0.05, 0.1) is 12.2 Å². The second kappa shape index (κ2) is 9.65. The molecule has 0 saturated heterocycles.